The first-order valence-electron chi connectivity index (χ1n) is 7.15. The first kappa shape index (κ1) is 15.1. The summed E-state index contributed by atoms with van der Waals surface area (Å²) in [4.78, 5) is 14.8. The molecule has 0 saturated carbocycles. The molecule has 0 atom stereocenters. The Balaban J connectivity index is 1.64. The maximum atomic E-state index is 5.31. The molecule has 118 valence electrons. The van der Waals surface area contributed by atoms with Crippen LogP contribution in [-0.4, -0.2) is 39.2 Å². The highest BCUT2D eigenvalue weighted by molar-refractivity contribution is 5.55. The van der Waals surface area contributed by atoms with Gasteiger partial charge in [-0.1, -0.05) is 5.16 Å². The molecule has 3 rings (SSSR count). The summed E-state index contributed by atoms with van der Waals surface area (Å²) >= 11 is 0. The lowest BCUT2D eigenvalue weighted by molar-refractivity contribution is 0.258. The standard InChI is InChI=1S/C16H17N5O2/c1-21(10-13-9-17-7-8-18-13)11-15-19-16(20-23-15)12-3-5-14(22-2)6-4-12/h3-9H,10-11H2,1-2H3. The number of benzene rings is 1. The zero-order chi connectivity index (χ0) is 16.1. The topological polar surface area (TPSA) is 77.2 Å². The molecule has 0 fully saturated rings. The van der Waals surface area contributed by atoms with Gasteiger partial charge in [-0.25, -0.2) is 0 Å². The second-order valence-corrected chi connectivity index (χ2v) is 5.11. The summed E-state index contributed by atoms with van der Waals surface area (Å²) in [6.07, 6.45) is 5.08. The minimum atomic E-state index is 0.541. The second-order valence-electron chi connectivity index (χ2n) is 5.11. The van der Waals surface area contributed by atoms with E-state index in [9.17, 15) is 0 Å². The van der Waals surface area contributed by atoms with Gasteiger partial charge in [0, 0.05) is 30.7 Å². The zero-order valence-electron chi connectivity index (χ0n) is 13.0. The number of rotatable bonds is 6. The number of hydrogen-bond donors (Lipinski definition) is 0. The number of ether oxygens (including phenoxy) is 1. The van der Waals surface area contributed by atoms with Crippen LogP contribution in [-0.2, 0) is 13.1 Å². The van der Waals surface area contributed by atoms with Crippen molar-refractivity contribution in [2.75, 3.05) is 14.2 Å². The van der Waals surface area contributed by atoms with Crippen LogP contribution in [0.1, 0.15) is 11.6 Å². The molecule has 3 aromatic rings. The van der Waals surface area contributed by atoms with Crippen molar-refractivity contribution in [2.24, 2.45) is 0 Å². The summed E-state index contributed by atoms with van der Waals surface area (Å²) in [5.74, 6) is 1.92. The molecule has 7 heteroatoms. The van der Waals surface area contributed by atoms with Crippen LogP contribution in [0.2, 0.25) is 0 Å². The number of nitrogens with zero attached hydrogens (tertiary/aromatic N) is 5. The molecule has 0 N–H and O–H groups in total. The van der Waals surface area contributed by atoms with Crippen molar-refractivity contribution in [1.29, 1.82) is 0 Å². The molecule has 0 saturated heterocycles. The summed E-state index contributed by atoms with van der Waals surface area (Å²) in [6.45, 7) is 1.20. The SMILES string of the molecule is COc1ccc(-c2noc(CN(C)Cc3cnccn3)n2)cc1. The first-order chi connectivity index (χ1) is 11.2. The van der Waals surface area contributed by atoms with Crippen LogP contribution in [0.15, 0.2) is 47.4 Å². The quantitative estimate of drug-likeness (QED) is 0.690. The Kier molecular flexibility index (Phi) is 4.58. The summed E-state index contributed by atoms with van der Waals surface area (Å²) in [5, 5.41) is 4.02. The Morgan fingerprint density at radius 1 is 1.13 bits per heavy atom. The first-order valence-corrected chi connectivity index (χ1v) is 7.15. The van der Waals surface area contributed by atoms with E-state index in [-0.39, 0.29) is 0 Å². The molecule has 0 radical (unpaired) electrons. The molecular formula is C16H17N5O2. The van der Waals surface area contributed by atoms with E-state index in [0.29, 0.717) is 24.8 Å². The molecule has 2 aromatic heterocycles. The van der Waals surface area contributed by atoms with Gasteiger partial charge in [-0.3, -0.25) is 14.9 Å². The molecule has 0 aliphatic carbocycles. The Bertz CT molecular complexity index is 743. The van der Waals surface area contributed by atoms with Crippen molar-refractivity contribution in [3.63, 3.8) is 0 Å². The average Bonchev–Trinajstić information content (AvgIpc) is 3.04. The average molecular weight is 311 g/mol. The fraction of sp³-hybridized carbons (Fsp3) is 0.250. The van der Waals surface area contributed by atoms with E-state index < -0.39 is 0 Å². The zero-order valence-corrected chi connectivity index (χ0v) is 13.0. The van der Waals surface area contributed by atoms with E-state index in [1.165, 1.54) is 0 Å². The van der Waals surface area contributed by atoms with Crippen LogP contribution in [0.5, 0.6) is 5.75 Å². The molecule has 23 heavy (non-hydrogen) atoms. The van der Waals surface area contributed by atoms with Gasteiger partial charge in [-0.15, -0.1) is 0 Å². The molecule has 0 bridgehead atoms. The molecular weight excluding hydrogens is 294 g/mol. The lowest BCUT2D eigenvalue weighted by Crippen LogP contribution is -2.18. The predicted octanol–water partition coefficient (Wildman–Crippen LogP) is 2.17. The van der Waals surface area contributed by atoms with Gasteiger partial charge in [-0.2, -0.15) is 4.98 Å². The van der Waals surface area contributed by atoms with Crippen molar-refractivity contribution in [3.05, 3.63) is 54.4 Å². The van der Waals surface area contributed by atoms with Gasteiger partial charge in [0.25, 0.3) is 0 Å². The monoisotopic (exact) mass is 311 g/mol. The van der Waals surface area contributed by atoms with Crippen LogP contribution < -0.4 is 4.74 Å². The second kappa shape index (κ2) is 6.97. The largest absolute Gasteiger partial charge is 0.497 e. The third kappa shape index (κ3) is 3.89. The van der Waals surface area contributed by atoms with E-state index in [2.05, 4.69) is 20.1 Å². The maximum absolute atomic E-state index is 5.31. The van der Waals surface area contributed by atoms with Gasteiger partial charge < -0.3 is 9.26 Å². The molecule has 1 aromatic carbocycles. The fourth-order valence-corrected chi connectivity index (χ4v) is 2.15. The highest BCUT2D eigenvalue weighted by Crippen LogP contribution is 2.20. The Labute approximate surface area is 134 Å². The van der Waals surface area contributed by atoms with Gasteiger partial charge in [0.2, 0.25) is 11.7 Å². The van der Waals surface area contributed by atoms with Crippen LogP contribution in [0, 0.1) is 0 Å². The van der Waals surface area contributed by atoms with E-state index >= 15 is 0 Å². The van der Waals surface area contributed by atoms with E-state index in [0.717, 1.165) is 17.0 Å². The van der Waals surface area contributed by atoms with Crippen LogP contribution in [0.3, 0.4) is 0 Å². The smallest absolute Gasteiger partial charge is 0.241 e. The number of aromatic nitrogens is 4. The fourth-order valence-electron chi connectivity index (χ4n) is 2.15. The molecule has 0 spiro atoms. The minimum absolute atomic E-state index is 0.541. The summed E-state index contributed by atoms with van der Waals surface area (Å²) < 4.78 is 10.5. The van der Waals surface area contributed by atoms with Gasteiger partial charge in [-0.05, 0) is 31.3 Å². The Morgan fingerprint density at radius 3 is 2.65 bits per heavy atom. The van der Waals surface area contributed by atoms with Crippen molar-refractivity contribution < 1.29 is 9.26 Å². The van der Waals surface area contributed by atoms with Gasteiger partial charge in [0.1, 0.15) is 5.75 Å². The van der Waals surface area contributed by atoms with Crippen molar-refractivity contribution in [2.45, 2.75) is 13.1 Å². The van der Waals surface area contributed by atoms with Crippen LogP contribution >= 0.6 is 0 Å². The summed E-state index contributed by atoms with van der Waals surface area (Å²) in [5.41, 5.74) is 1.78. The van der Waals surface area contributed by atoms with Gasteiger partial charge >= 0.3 is 0 Å². The number of hydrogen-bond acceptors (Lipinski definition) is 7. The van der Waals surface area contributed by atoms with Crippen LogP contribution in [0.4, 0.5) is 0 Å². The molecule has 0 unspecified atom stereocenters. The highest BCUT2D eigenvalue weighted by Gasteiger charge is 2.11. The lowest BCUT2D eigenvalue weighted by Gasteiger charge is -2.12. The van der Waals surface area contributed by atoms with E-state index in [1.54, 1.807) is 25.7 Å². The molecule has 0 aliphatic rings. The third-order valence-corrected chi connectivity index (χ3v) is 3.27. The van der Waals surface area contributed by atoms with Crippen molar-refractivity contribution >= 4 is 0 Å². The van der Waals surface area contributed by atoms with Crippen molar-refractivity contribution in [1.82, 2.24) is 25.0 Å². The summed E-state index contributed by atoms with van der Waals surface area (Å²) in [6, 6.07) is 7.53. The van der Waals surface area contributed by atoms with Gasteiger partial charge in [0.15, 0.2) is 0 Å². The molecule has 2 heterocycles. The molecule has 7 nitrogen and oxygen atoms in total. The minimum Gasteiger partial charge on any atom is -0.497 e. The highest BCUT2D eigenvalue weighted by atomic mass is 16.5. The van der Waals surface area contributed by atoms with Gasteiger partial charge in [0.05, 0.1) is 19.3 Å². The van der Waals surface area contributed by atoms with Crippen molar-refractivity contribution in [3.8, 4) is 17.1 Å². The summed E-state index contributed by atoms with van der Waals surface area (Å²) in [7, 11) is 3.60. The third-order valence-electron chi connectivity index (χ3n) is 3.27. The lowest BCUT2D eigenvalue weighted by atomic mass is 10.2. The molecule has 0 amide bonds. The Morgan fingerprint density at radius 2 is 1.96 bits per heavy atom. The number of methoxy groups -OCH3 is 1. The van der Waals surface area contributed by atoms with E-state index in [4.69, 9.17) is 9.26 Å². The van der Waals surface area contributed by atoms with E-state index in [1.807, 2.05) is 36.2 Å². The Hall–Kier alpha value is -2.80. The normalized spacial score (nSPS) is 10.9. The predicted molar refractivity (Wildman–Crippen MR) is 83.5 cm³/mol. The maximum Gasteiger partial charge on any atom is 0.241 e. The molecule has 0 aliphatic heterocycles. The van der Waals surface area contributed by atoms with Crippen LogP contribution in [0.25, 0.3) is 11.4 Å².